The van der Waals surface area contributed by atoms with Crippen LogP contribution in [0.3, 0.4) is 0 Å². The van der Waals surface area contributed by atoms with Crippen molar-refractivity contribution < 1.29 is 17.9 Å². The van der Waals surface area contributed by atoms with E-state index in [1.807, 2.05) is 11.8 Å². The predicted molar refractivity (Wildman–Crippen MR) is 104 cm³/mol. The van der Waals surface area contributed by atoms with Crippen LogP contribution >= 0.6 is 0 Å². The lowest BCUT2D eigenvalue weighted by Crippen LogP contribution is -2.36. The van der Waals surface area contributed by atoms with E-state index in [4.69, 9.17) is 4.74 Å². The normalized spacial score (nSPS) is 18.9. The molecule has 1 N–H and O–H groups in total. The molecule has 27 heavy (non-hydrogen) atoms. The Balaban J connectivity index is 1.61. The Morgan fingerprint density at radius 2 is 1.96 bits per heavy atom. The van der Waals surface area contributed by atoms with Crippen molar-refractivity contribution in [3.63, 3.8) is 0 Å². The van der Waals surface area contributed by atoms with E-state index in [-0.39, 0.29) is 22.8 Å². The molecule has 1 saturated carbocycles. The number of hydrogen-bond acceptors (Lipinski definition) is 4. The number of carbonyl (C=O) groups is 1. The number of ether oxygens (including phenoxy) is 1. The van der Waals surface area contributed by atoms with E-state index in [0.29, 0.717) is 17.9 Å². The highest BCUT2D eigenvalue weighted by atomic mass is 32.2. The summed E-state index contributed by atoms with van der Waals surface area (Å²) in [5, 5.41) is 0. The lowest BCUT2D eigenvalue weighted by molar-refractivity contribution is -0.120. The molecule has 4 rings (SSSR count). The minimum Gasteiger partial charge on any atom is -0.497 e. The topological polar surface area (TPSA) is 75.7 Å². The molecule has 1 aliphatic heterocycles. The van der Waals surface area contributed by atoms with E-state index in [1.165, 1.54) is 7.11 Å². The quantitative estimate of drug-likeness (QED) is 0.856. The minimum absolute atomic E-state index is 0.0531. The van der Waals surface area contributed by atoms with Crippen molar-refractivity contribution in [3.8, 4) is 5.75 Å². The summed E-state index contributed by atoms with van der Waals surface area (Å²) in [5.41, 5.74) is 2.17. The highest BCUT2D eigenvalue weighted by Gasteiger charge is 2.39. The van der Waals surface area contributed by atoms with Crippen molar-refractivity contribution in [3.05, 3.63) is 48.0 Å². The second-order valence-electron chi connectivity index (χ2n) is 7.16. The number of fused-ring (bicyclic) bond motifs is 1. The van der Waals surface area contributed by atoms with Gasteiger partial charge in [0.2, 0.25) is 5.91 Å². The van der Waals surface area contributed by atoms with Crippen LogP contribution in [0.4, 0.5) is 11.4 Å². The molecule has 1 heterocycles. The molecular formula is C20H22N2O4S. The molecule has 1 amide bonds. The fraction of sp³-hybridized carbons (Fsp3) is 0.350. The van der Waals surface area contributed by atoms with Gasteiger partial charge in [-0.25, -0.2) is 8.42 Å². The molecule has 142 valence electrons. The third-order valence-electron chi connectivity index (χ3n) is 5.06. The summed E-state index contributed by atoms with van der Waals surface area (Å²) in [6, 6.07) is 11.8. The first-order chi connectivity index (χ1) is 12.9. The molecule has 1 fully saturated rings. The van der Waals surface area contributed by atoms with E-state index in [2.05, 4.69) is 4.72 Å². The first kappa shape index (κ1) is 17.9. The molecule has 7 heteroatoms. The number of hydrogen-bond donors (Lipinski definition) is 1. The van der Waals surface area contributed by atoms with Gasteiger partial charge in [-0.05, 0) is 62.1 Å². The predicted octanol–water partition coefficient (Wildman–Crippen LogP) is 3.18. The average molecular weight is 386 g/mol. The van der Waals surface area contributed by atoms with Crippen LogP contribution in [0.5, 0.6) is 5.75 Å². The Morgan fingerprint density at radius 1 is 1.19 bits per heavy atom. The molecule has 1 aliphatic carbocycles. The molecule has 1 atom stereocenters. The lowest BCUT2D eigenvalue weighted by atomic mass is 10.1. The van der Waals surface area contributed by atoms with Gasteiger partial charge < -0.3 is 9.64 Å². The molecule has 0 radical (unpaired) electrons. The third-order valence-corrected chi connectivity index (χ3v) is 6.44. The van der Waals surface area contributed by atoms with Gasteiger partial charge in [0.05, 0.1) is 17.7 Å². The molecule has 0 bridgehead atoms. The summed E-state index contributed by atoms with van der Waals surface area (Å²) in [5.74, 6) is 0.870. The molecule has 2 aromatic rings. The van der Waals surface area contributed by atoms with Gasteiger partial charge in [-0.15, -0.1) is 0 Å². The van der Waals surface area contributed by atoms with E-state index >= 15 is 0 Å². The van der Waals surface area contributed by atoms with Crippen molar-refractivity contribution in [2.75, 3.05) is 16.7 Å². The van der Waals surface area contributed by atoms with E-state index < -0.39 is 10.0 Å². The number of methoxy groups -OCH3 is 1. The van der Waals surface area contributed by atoms with Crippen LogP contribution in [-0.2, 0) is 21.2 Å². The second-order valence-corrected chi connectivity index (χ2v) is 8.85. The number of carbonyl (C=O) groups excluding carboxylic acids is 1. The maximum Gasteiger partial charge on any atom is 0.261 e. The van der Waals surface area contributed by atoms with Gasteiger partial charge in [0.25, 0.3) is 10.0 Å². The Hall–Kier alpha value is -2.54. The molecule has 0 saturated heterocycles. The maximum atomic E-state index is 12.8. The first-order valence-corrected chi connectivity index (χ1v) is 10.5. The summed E-state index contributed by atoms with van der Waals surface area (Å²) >= 11 is 0. The summed E-state index contributed by atoms with van der Waals surface area (Å²) < 4.78 is 33.3. The molecule has 0 aromatic heterocycles. The van der Waals surface area contributed by atoms with Crippen LogP contribution in [0.15, 0.2) is 47.4 Å². The Kier molecular flexibility index (Phi) is 4.34. The second kappa shape index (κ2) is 6.56. The van der Waals surface area contributed by atoms with Crippen LogP contribution in [-0.4, -0.2) is 27.5 Å². The number of benzene rings is 2. The molecule has 2 aromatic carbocycles. The minimum atomic E-state index is -3.73. The first-order valence-electron chi connectivity index (χ1n) is 9.02. The van der Waals surface area contributed by atoms with Crippen LogP contribution in [0.2, 0.25) is 0 Å². The zero-order valence-electron chi connectivity index (χ0n) is 15.3. The maximum absolute atomic E-state index is 12.8. The molecule has 6 nitrogen and oxygen atoms in total. The van der Waals surface area contributed by atoms with E-state index in [1.54, 1.807) is 42.5 Å². The standard InChI is InChI=1S/C20H22N2O4S/c1-13-10-15-11-18(8-9-19(15)22(13)20(23)14-6-7-14)27(24,25)21-16-4-3-5-17(12-16)26-2/h3-5,8-9,11-14,21H,6-7,10H2,1-2H3/t13-/m0/s1. The fourth-order valence-corrected chi connectivity index (χ4v) is 4.64. The van der Waals surface area contributed by atoms with Crippen molar-refractivity contribution in [2.45, 2.75) is 37.1 Å². The van der Waals surface area contributed by atoms with Crippen molar-refractivity contribution in [1.29, 1.82) is 0 Å². The van der Waals surface area contributed by atoms with Crippen molar-refractivity contribution >= 4 is 27.3 Å². The number of nitrogens with zero attached hydrogens (tertiary/aromatic N) is 1. The van der Waals surface area contributed by atoms with Crippen molar-refractivity contribution in [2.24, 2.45) is 5.92 Å². The molecule has 0 spiro atoms. The number of amides is 1. The largest absolute Gasteiger partial charge is 0.497 e. The molecular weight excluding hydrogens is 364 g/mol. The number of rotatable bonds is 5. The number of sulfonamides is 1. The van der Waals surface area contributed by atoms with Gasteiger partial charge in [0.15, 0.2) is 0 Å². The fourth-order valence-electron chi connectivity index (χ4n) is 3.54. The Bertz CT molecular complexity index is 999. The molecule has 0 unspecified atom stereocenters. The monoisotopic (exact) mass is 386 g/mol. The van der Waals surface area contributed by atoms with Crippen molar-refractivity contribution in [1.82, 2.24) is 0 Å². The summed E-state index contributed by atoms with van der Waals surface area (Å²) in [6.45, 7) is 2.00. The van der Waals surface area contributed by atoms with Crippen LogP contribution in [0.1, 0.15) is 25.3 Å². The smallest absolute Gasteiger partial charge is 0.261 e. The van der Waals surface area contributed by atoms with Gasteiger partial charge in [-0.1, -0.05) is 6.07 Å². The van der Waals surface area contributed by atoms with Crippen LogP contribution < -0.4 is 14.4 Å². The Labute approximate surface area is 159 Å². The van der Waals surface area contributed by atoms with Gasteiger partial charge in [-0.2, -0.15) is 0 Å². The van der Waals surface area contributed by atoms with Gasteiger partial charge in [-0.3, -0.25) is 9.52 Å². The third kappa shape index (κ3) is 3.39. The summed E-state index contributed by atoms with van der Waals surface area (Å²) in [6.07, 6.45) is 2.57. The summed E-state index contributed by atoms with van der Waals surface area (Å²) in [4.78, 5) is 14.6. The van der Waals surface area contributed by atoms with Crippen LogP contribution in [0.25, 0.3) is 0 Å². The average Bonchev–Trinajstić information content (AvgIpc) is 3.43. The zero-order valence-corrected chi connectivity index (χ0v) is 16.1. The SMILES string of the molecule is COc1cccc(NS(=O)(=O)c2ccc3c(c2)C[C@H](C)N3C(=O)C2CC2)c1. The van der Waals surface area contributed by atoms with E-state index in [9.17, 15) is 13.2 Å². The highest BCUT2D eigenvalue weighted by Crippen LogP contribution is 2.39. The number of nitrogens with one attached hydrogen (secondary N) is 1. The van der Waals surface area contributed by atoms with Crippen LogP contribution in [0, 0.1) is 5.92 Å². The van der Waals surface area contributed by atoms with E-state index in [0.717, 1.165) is 24.1 Å². The summed E-state index contributed by atoms with van der Waals surface area (Å²) in [7, 11) is -2.20. The molecule has 2 aliphatic rings. The van der Waals surface area contributed by atoms with Gasteiger partial charge >= 0.3 is 0 Å². The van der Waals surface area contributed by atoms with Gasteiger partial charge in [0, 0.05) is 23.7 Å². The number of anilines is 2. The van der Waals surface area contributed by atoms with Gasteiger partial charge in [0.1, 0.15) is 5.75 Å². The Morgan fingerprint density at radius 3 is 2.67 bits per heavy atom. The zero-order chi connectivity index (χ0) is 19.2. The lowest BCUT2D eigenvalue weighted by Gasteiger charge is -2.22. The highest BCUT2D eigenvalue weighted by molar-refractivity contribution is 7.92.